The first kappa shape index (κ1) is 8.23. The Hall–Kier alpha value is -0.870. The van der Waals surface area contributed by atoms with E-state index in [0.29, 0.717) is 5.69 Å². The minimum Gasteiger partial charge on any atom is -0.311 e. The van der Waals surface area contributed by atoms with Gasteiger partial charge in [-0.15, -0.1) is 0 Å². The lowest BCUT2D eigenvalue weighted by Crippen LogP contribution is -1.95. The van der Waals surface area contributed by atoms with Crippen molar-refractivity contribution in [2.24, 2.45) is 0 Å². The lowest BCUT2D eigenvalue weighted by atomic mass is 10.4. The van der Waals surface area contributed by atoms with Crippen molar-refractivity contribution in [3.8, 4) is 0 Å². The van der Waals surface area contributed by atoms with Gasteiger partial charge in [-0.3, -0.25) is 9.78 Å². The number of carbonyl (C=O) groups excluding carboxylic acids is 1. The third kappa shape index (κ3) is 2.32. The molecule has 0 aromatic carbocycles. The number of hydrogen-bond donors (Lipinski definition) is 0. The highest BCUT2D eigenvalue weighted by Crippen LogP contribution is 2.08. The van der Waals surface area contributed by atoms with Crippen molar-refractivity contribution in [1.29, 1.82) is 0 Å². The first-order valence-electron chi connectivity index (χ1n) is 3.00. The van der Waals surface area contributed by atoms with Crippen LogP contribution in [0.1, 0.15) is 10.5 Å². The van der Waals surface area contributed by atoms with Crippen molar-refractivity contribution in [3.63, 3.8) is 0 Å². The van der Waals surface area contributed by atoms with Gasteiger partial charge in [0.2, 0.25) is 0 Å². The van der Waals surface area contributed by atoms with E-state index in [0.717, 1.165) is 12.0 Å². The van der Waals surface area contributed by atoms with Gasteiger partial charge in [-0.1, -0.05) is 6.07 Å². The molecular weight excluding hydrogens is 162 g/mol. The van der Waals surface area contributed by atoms with Crippen LogP contribution < -0.4 is 0 Å². The zero-order valence-electron chi connectivity index (χ0n) is 5.98. The maximum atomic E-state index is 11.0. The van der Waals surface area contributed by atoms with Crippen LogP contribution in [0.4, 0.5) is 0 Å². The van der Waals surface area contributed by atoms with E-state index >= 15 is 0 Å². The summed E-state index contributed by atoms with van der Waals surface area (Å²) in [6.45, 7) is 0. The van der Waals surface area contributed by atoms with Crippen LogP contribution in [0.15, 0.2) is 24.4 Å². The molecule has 0 radical (unpaired) electrons. The molecule has 0 saturated carbocycles. The highest BCUT2D eigenvalue weighted by molar-refractivity contribution is 8.10. The largest absolute Gasteiger partial charge is 0.311 e. The van der Waals surface area contributed by atoms with Crippen molar-refractivity contribution in [3.05, 3.63) is 30.1 Å². The summed E-state index contributed by atoms with van der Waals surface area (Å²) in [5.74, 6) is 0. The summed E-state index contributed by atoms with van der Waals surface area (Å²) in [5, 5.41) is -0.173. The van der Waals surface area contributed by atoms with Gasteiger partial charge in [0, 0.05) is 6.20 Å². The van der Waals surface area contributed by atoms with E-state index in [9.17, 15) is 4.79 Å². The smallest absolute Gasteiger partial charge is 0.264 e. The zero-order chi connectivity index (χ0) is 8.10. The maximum Gasteiger partial charge on any atom is 0.264 e. The first-order valence-corrected chi connectivity index (χ1v) is 3.75. The molecule has 11 heavy (non-hydrogen) atoms. The molecule has 1 aromatic rings. The van der Waals surface area contributed by atoms with E-state index in [4.69, 9.17) is 0 Å². The van der Waals surface area contributed by atoms with Gasteiger partial charge in [-0.05, 0) is 12.1 Å². The average molecular weight is 169 g/mol. The Morgan fingerprint density at radius 2 is 2.45 bits per heavy atom. The molecule has 1 heterocycles. The minimum absolute atomic E-state index is 0.173. The van der Waals surface area contributed by atoms with Crippen LogP contribution >= 0.6 is 12.0 Å². The summed E-state index contributed by atoms with van der Waals surface area (Å²) >= 11 is 0.783. The number of hydrogen-bond acceptors (Lipinski definition) is 4. The molecule has 0 saturated heterocycles. The van der Waals surface area contributed by atoms with Crippen LogP contribution in [0.2, 0.25) is 0 Å². The maximum absolute atomic E-state index is 11.0. The molecule has 0 bridgehead atoms. The van der Waals surface area contributed by atoms with E-state index in [1.807, 2.05) is 0 Å². The van der Waals surface area contributed by atoms with Crippen molar-refractivity contribution >= 4 is 17.2 Å². The van der Waals surface area contributed by atoms with Gasteiger partial charge in [0.25, 0.3) is 5.12 Å². The van der Waals surface area contributed by atoms with E-state index in [2.05, 4.69) is 9.17 Å². The summed E-state index contributed by atoms with van der Waals surface area (Å²) in [7, 11) is 1.45. The van der Waals surface area contributed by atoms with Crippen molar-refractivity contribution in [1.82, 2.24) is 4.98 Å². The highest BCUT2D eigenvalue weighted by atomic mass is 32.2. The summed E-state index contributed by atoms with van der Waals surface area (Å²) in [6, 6.07) is 5.17. The summed E-state index contributed by atoms with van der Waals surface area (Å²) in [6.07, 6.45) is 1.57. The molecule has 3 nitrogen and oxygen atoms in total. The van der Waals surface area contributed by atoms with Crippen LogP contribution in [0.5, 0.6) is 0 Å². The number of aromatic nitrogens is 1. The van der Waals surface area contributed by atoms with Gasteiger partial charge in [-0.25, -0.2) is 0 Å². The fourth-order valence-electron chi connectivity index (χ4n) is 0.602. The lowest BCUT2D eigenvalue weighted by molar-refractivity contribution is 0.107. The Bertz CT molecular complexity index is 237. The molecule has 0 aliphatic rings. The van der Waals surface area contributed by atoms with E-state index in [-0.39, 0.29) is 5.12 Å². The molecule has 0 fully saturated rings. The Labute approximate surface area is 69.0 Å². The average Bonchev–Trinajstić information content (AvgIpc) is 2.07. The van der Waals surface area contributed by atoms with Crippen molar-refractivity contribution < 1.29 is 8.98 Å². The third-order valence-corrected chi connectivity index (χ3v) is 1.56. The number of carbonyl (C=O) groups is 1. The van der Waals surface area contributed by atoms with Gasteiger partial charge < -0.3 is 4.18 Å². The van der Waals surface area contributed by atoms with Gasteiger partial charge >= 0.3 is 0 Å². The van der Waals surface area contributed by atoms with Crippen LogP contribution in [0, 0.1) is 0 Å². The molecule has 0 atom stereocenters. The van der Waals surface area contributed by atoms with Crippen LogP contribution in [-0.4, -0.2) is 17.2 Å². The molecule has 0 N–H and O–H groups in total. The highest BCUT2D eigenvalue weighted by Gasteiger charge is 2.05. The molecular formula is C7H7NO2S. The van der Waals surface area contributed by atoms with Crippen molar-refractivity contribution in [2.45, 2.75) is 0 Å². The molecule has 0 unspecified atom stereocenters. The molecule has 0 amide bonds. The number of rotatable bonds is 2. The minimum atomic E-state index is -0.173. The Balaban J connectivity index is 2.69. The van der Waals surface area contributed by atoms with Gasteiger partial charge in [-0.2, -0.15) is 0 Å². The van der Waals surface area contributed by atoms with Crippen LogP contribution in [0.3, 0.4) is 0 Å². The van der Waals surface area contributed by atoms with E-state index in [1.165, 1.54) is 7.11 Å². The molecule has 0 spiro atoms. The normalized spacial score (nSPS) is 9.55. The number of pyridine rings is 1. The Morgan fingerprint density at radius 3 is 3.00 bits per heavy atom. The third-order valence-electron chi connectivity index (χ3n) is 1.03. The van der Waals surface area contributed by atoms with Crippen molar-refractivity contribution in [2.75, 3.05) is 7.11 Å². The zero-order valence-corrected chi connectivity index (χ0v) is 6.80. The molecule has 0 aliphatic heterocycles. The predicted octanol–water partition coefficient (Wildman–Crippen LogP) is 1.52. The fourth-order valence-corrected chi connectivity index (χ4v) is 0.959. The summed E-state index contributed by atoms with van der Waals surface area (Å²) in [4.78, 5) is 14.9. The predicted molar refractivity (Wildman–Crippen MR) is 43.2 cm³/mol. The summed E-state index contributed by atoms with van der Waals surface area (Å²) < 4.78 is 4.59. The first-order chi connectivity index (χ1) is 5.34. The second-order valence-corrected chi connectivity index (χ2v) is 2.62. The molecule has 1 aromatic heterocycles. The molecule has 1 rings (SSSR count). The van der Waals surface area contributed by atoms with Gasteiger partial charge in [0.15, 0.2) is 0 Å². The molecule has 58 valence electrons. The Kier molecular flexibility index (Phi) is 3.07. The number of nitrogens with zero attached hydrogens (tertiary/aromatic N) is 1. The molecule has 4 heteroatoms. The Morgan fingerprint density at radius 1 is 1.64 bits per heavy atom. The van der Waals surface area contributed by atoms with Gasteiger partial charge in [0.1, 0.15) is 5.69 Å². The monoisotopic (exact) mass is 169 g/mol. The second-order valence-electron chi connectivity index (χ2n) is 1.75. The standard InChI is InChI=1S/C7H7NO2S/c1-10-11-7(9)6-4-2-3-5-8-6/h2-5H,1H3. The van der Waals surface area contributed by atoms with Gasteiger partial charge in [0.05, 0.1) is 19.2 Å². The summed E-state index contributed by atoms with van der Waals surface area (Å²) in [5.41, 5.74) is 0.416. The lowest BCUT2D eigenvalue weighted by Gasteiger charge is -1.94. The van der Waals surface area contributed by atoms with E-state index < -0.39 is 0 Å². The second kappa shape index (κ2) is 4.10. The fraction of sp³-hybridized carbons (Fsp3) is 0.143. The van der Waals surface area contributed by atoms with Crippen LogP contribution in [0.25, 0.3) is 0 Å². The SMILES string of the molecule is COSC(=O)c1ccccn1. The van der Waals surface area contributed by atoms with E-state index in [1.54, 1.807) is 24.4 Å². The quantitative estimate of drug-likeness (QED) is 0.629. The van der Waals surface area contributed by atoms with Crippen LogP contribution in [-0.2, 0) is 4.18 Å². The topological polar surface area (TPSA) is 39.2 Å². The molecule has 0 aliphatic carbocycles.